The second-order valence-corrected chi connectivity index (χ2v) is 6.83. The summed E-state index contributed by atoms with van der Waals surface area (Å²) in [6.07, 6.45) is -4.57. The molecule has 0 radical (unpaired) electrons. The van der Waals surface area contributed by atoms with Gasteiger partial charge in [0, 0.05) is 25.1 Å². The van der Waals surface area contributed by atoms with E-state index in [9.17, 15) is 22.4 Å². The molecule has 1 aromatic heterocycles. The number of aromatic nitrogens is 2. The minimum Gasteiger partial charge on any atom is -0.406 e. The molecule has 3 aromatic rings. The van der Waals surface area contributed by atoms with Crippen molar-refractivity contribution in [1.82, 2.24) is 15.0 Å². The summed E-state index contributed by atoms with van der Waals surface area (Å²) < 4.78 is 58.9. The van der Waals surface area contributed by atoms with Crippen molar-refractivity contribution < 1.29 is 31.6 Å². The molecule has 1 atom stereocenters. The Hall–Kier alpha value is -3.43. The van der Waals surface area contributed by atoms with Gasteiger partial charge in [-0.3, -0.25) is 4.79 Å². The SMILES string of the molecule is O=C1CC(c2nc(-c3ccc(OC(F)(F)F)cc3)no2)CN1Cc1ccc(F)cc1. The number of hydrogen-bond acceptors (Lipinski definition) is 5. The first-order valence-electron chi connectivity index (χ1n) is 8.99. The first-order chi connectivity index (χ1) is 14.3. The lowest BCUT2D eigenvalue weighted by molar-refractivity contribution is -0.274. The van der Waals surface area contributed by atoms with Gasteiger partial charge in [-0.2, -0.15) is 4.98 Å². The molecule has 1 aliphatic heterocycles. The van der Waals surface area contributed by atoms with E-state index in [4.69, 9.17) is 4.52 Å². The predicted octanol–water partition coefficient (Wildman–Crippen LogP) is 4.29. The highest BCUT2D eigenvalue weighted by atomic mass is 19.4. The molecule has 2 heterocycles. The summed E-state index contributed by atoms with van der Waals surface area (Å²) in [4.78, 5) is 18.2. The van der Waals surface area contributed by atoms with Crippen molar-refractivity contribution in [2.24, 2.45) is 0 Å². The molecule has 156 valence electrons. The summed E-state index contributed by atoms with van der Waals surface area (Å²) in [7, 11) is 0. The van der Waals surface area contributed by atoms with E-state index in [1.165, 1.54) is 24.3 Å². The molecule has 0 saturated carbocycles. The number of carbonyl (C=O) groups excluding carboxylic acids is 1. The summed E-state index contributed by atoms with van der Waals surface area (Å²) in [5, 5.41) is 3.86. The fourth-order valence-corrected chi connectivity index (χ4v) is 3.22. The summed E-state index contributed by atoms with van der Waals surface area (Å²) in [6, 6.07) is 11.0. The van der Waals surface area contributed by atoms with Crippen LogP contribution in [-0.4, -0.2) is 33.9 Å². The van der Waals surface area contributed by atoms with Gasteiger partial charge in [-0.25, -0.2) is 4.39 Å². The number of alkyl halides is 3. The number of carbonyl (C=O) groups is 1. The van der Waals surface area contributed by atoms with Gasteiger partial charge < -0.3 is 14.2 Å². The Morgan fingerprint density at radius 2 is 1.80 bits per heavy atom. The second-order valence-electron chi connectivity index (χ2n) is 6.83. The molecule has 1 amide bonds. The monoisotopic (exact) mass is 421 g/mol. The molecule has 0 bridgehead atoms. The van der Waals surface area contributed by atoms with E-state index in [0.717, 1.165) is 17.7 Å². The van der Waals surface area contributed by atoms with Crippen molar-refractivity contribution in [3.63, 3.8) is 0 Å². The maximum absolute atomic E-state index is 13.0. The Kier molecular flexibility index (Phi) is 5.15. The van der Waals surface area contributed by atoms with Crippen molar-refractivity contribution in [1.29, 1.82) is 0 Å². The normalized spacial score (nSPS) is 16.9. The summed E-state index contributed by atoms with van der Waals surface area (Å²) >= 11 is 0. The number of amides is 1. The van der Waals surface area contributed by atoms with Gasteiger partial charge in [0.25, 0.3) is 0 Å². The van der Waals surface area contributed by atoms with Crippen LogP contribution in [0.3, 0.4) is 0 Å². The number of nitrogens with zero attached hydrogens (tertiary/aromatic N) is 3. The lowest BCUT2D eigenvalue weighted by atomic mass is 10.1. The van der Waals surface area contributed by atoms with Crippen molar-refractivity contribution >= 4 is 5.91 Å². The van der Waals surface area contributed by atoms with Crippen molar-refractivity contribution in [3.8, 4) is 17.1 Å². The maximum atomic E-state index is 13.0. The molecule has 1 saturated heterocycles. The number of ether oxygens (including phenoxy) is 1. The third-order valence-electron chi connectivity index (χ3n) is 4.64. The Bertz CT molecular complexity index is 1030. The molecular formula is C20H15F4N3O3. The zero-order valence-corrected chi connectivity index (χ0v) is 15.4. The Labute approximate surface area is 168 Å². The number of likely N-dealkylation sites (tertiary alicyclic amines) is 1. The van der Waals surface area contributed by atoms with Crippen LogP contribution in [0.1, 0.15) is 23.8 Å². The van der Waals surface area contributed by atoms with Crippen LogP contribution < -0.4 is 4.74 Å². The highest BCUT2D eigenvalue weighted by Crippen LogP contribution is 2.30. The lowest BCUT2D eigenvalue weighted by Crippen LogP contribution is -2.24. The molecule has 0 spiro atoms. The molecular weight excluding hydrogens is 406 g/mol. The van der Waals surface area contributed by atoms with Crippen LogP contribution >= 0.6 is 0 Å². The van der Waals surface area contributed by atoms with Gasteiger partial charge in [0.1, 0.15) is 11.6 Å². The fourth-order valence-electron chi connectivity index (χ4n) is 3.22. The molecule has 1 fully saturated rings. The van der Waals surface area contributed by atoms with E-state index in [-0.39, 0.29) is 41.5 Å². The predicted molar refractivity (Wildman–Crippen MR) is 95.6 cm³/mol. The van der Waals surface area contributed by atoms with Crippen LogP contribution in [0.4, 0.5) is 17.6 Å². The lowest BCUT2D eigenvalue weighted by Gasteiger charge is -2.15. The first-order valence-corrected chi connectivity index (χ1v) is 8.99. The largest absolute Gasteiger partial charge is 0.573 e. The topological polar surface area (TPSA) is 68.5 Å². The molecule has 1 aliphatic rings. The van der Waals surface area contributed by atoms with Crippen molar-refractivity contribution in [2.45, 2.75) is 25.2 Å². The van der Waals surface area contributed by atoms with Crippen LogP contribution in [0.2, 0.25) is 0 Å². The van der Waals surface area contributed by atoms with Crippen molar-refractivity contribution in [2.75, 3.05) is 6.54 Å². The van der Waals surface area contributed by atoms with Crippen LogP contribution in [0.15, 0.2) is 53.1 Å². The highest BCUT2D eigenvalue weighted by molar-refractivity contribution is 5.79. The molecule has 4 rings (SSSR count). The number of halogens is 4. The summed E-state index contributed by atoms with van der Waals surface area (Å²) in [5.41, 5.74) is 1.25. The van der Waals surface area contributed by atoms with Crippen LogP contribution in [0.25, 0.3) is 11.4 Å². The third-order valence-corrected chi connectivity index (χ3v) is 4.64. The number of benzene rings is 2. The van der Waals surface area contributed by atoms with E-state index < -0.39 is 6.36 Å². The molecule has 1 unspecified atom stereocenters. The molecule has 2 aromatic carbocycles. The Balaban J connectivity index is 1.42. The van der Waals surface area contributed by atoms with E-state index >= 15 is 0 Å². The van der Waals surface area contributed by atoms with Crippen LogP contribution in [-0.2, 0) is 11.3 Å². The standard InChI is InChI=1S/C20H15F4N3O3/c21-15-5-1-12(2-6-15)10-27-11-14(9-17(27)28)19-25-18(26-30-19)13-3-7-16(8-4-13)29-20(22,23)24/h1-8,14H,9-11H2. The van der Waals surface area contributed by atoms with Crippen LogP contribution in [0, 0.1) is 5.82 Å². The van der Waals surface area contributed by atoms with Gasteiger partial charge in [0.05, 0.1) is 5.92 Å². The van der Waals surface area contributed by atoms with Gasteiger partial charge in [-0.15, -0.1) is 13.2 Å². The minimum atomic E-state index is -4.77. The first kappa shape index (κ1) is 19.9. The molecule has 6 nitrogen and oxygen atoms in total. The number of rotatable bonds is 5. The van der Waals surface area contributed by atoms with Gasteiger partial charge >= 0.3 is 6.36 Å². The number of hydrogen-bond donors (Lipinski definition) is 0. The van der Waals surface area contributed by atoms with Crippen LogP contribution in [0.5, 0.6) is 5.75 Å². The van der Waals surface area contributed by atoms with E-state index in [1.807, 2.05) is 0 Å². The summed E-state index contributed by atoms with van der Waals surface area (Å²) in [6.45, 7) is 0.716. The second kappa shape index (κ2) is 7.77. The van der Waals surface area contributed by atoms with Gasteiger partial charge in [0.15, 0.2) is 0 Å². The zero-order valence-electron chi connectivity index (χ0n) is 15.4. The van der Waals surface area contributed by atoms with E-state index in [1.54, 1.807) is 17.0 Å². The molecule has 0 aliphatic carbocycles. The van der Waals surface area contributed by atoms with Gasteiger partial charge in [-0.1, -0.05) is 17.3 Å². The quantitative estimate of drug-likeness (QED) is 0.575. The Morgan fingerprint density at radius 3 is 2.47 bits per heavy atom. The van der Waals surface area contributed by atoms with E-state index in [2.05, 4.69) is 14.9 Å². The van der Waals surface area contributed by atoms with Gasteiger partial charge in [-0.05, 0) is 42.0 Å². The average molecular weight is 421 g/mol. The zero-order chi connectivity index (χ0) is 21.3. The van der Waals surface area contributed by atoms with E-state index in [0.29, 0.717) is 18.7 Å². The third kappa shape index (κ3) is 4.58. The van der Waals surface area contributed by atoms with Crippen molar-refractivity contribution in [3.05, 3.63) is 65.8 Å². The molecule has 30 heavy (non-hydrogen) atoms. The minimum absolute atomic E-state index is 0.0854. The smallest absolute Gasteiger partial charge is 0.406 e. The molecule has 10 heteroatoms. The molecule has 0 N–H and O–H groups in total. The fraction of sp³-hybridized carbons (Fsp3) is 0.250. The maximum Gasteiger partial charge on any atom is 0.573 e. The highest BCUT2D eigenvalue weighted by Gasteiger charge is 2.34. The summed E-state index contributed by atoms with van der Waals surface area (Å²) in [5.74, 6) is -0.609. The Morgan fingerprint density at radius 1 is 1.10 bits per heavy atom. The van der Waals surface area contributed by atoms with Gasteiger partial charge in [0.2, 0.25) is 17.6 Å². The average Bonchev–Trinajstić information content (AvgIpc) is 3.30.